The van der Waals surface area contributed by atoms with Crippen LogP contribution in [0.25, 0.3) is 0 Å². The van der Waals surface area contributed by atoms with Crippen molar-refractivity contribution in [2.75, 3.05) is 0 Å². The molecule has 0 atom stereocenters. The second-order valence-electron chi connectivity index (χ2n) is 6.39. The molecule has 0 radical (unpaired) electrons. The molecule has 0 spiro atoms. The van der Waals surface area contributed by atoms with Crippen molar-refractivity contribution in [1.29, 1.82) is 0 Å². The van der Waals surface area contributed by atoms with Gasteiger partial charge in [-0.15, -0.1) is 0 Å². The minimum atomic E-state index is -1.44. The molecule has 0 fully saturated rings. The minimum absolute atomic E-state index is 0.00935. The Morgan fingerprint density at radius 2 is 1.85 bits per heavy atom. The van der Waals surface area contributed by atoms with Crippen LogP contribution >= 0.6 is 15.9 Å². The van der Waals surface area contributed by atoms with Gasteiger partial charge in [-0.05, 0) is 55.8 Å². The number of aromatic carboxylic acids is 1. The van der Waals surface area contributed by atoms with E-state index in [1.165, 1.54) is 6.07 Å². The normalized spacial score (nSPS) is 10.8. The Morgan fingerprint density at radius 1 is 1.12 bits per heavy atom. The minimum Gasteiger partial charge on any atom is -0.546 e. The molecule has 0 amide bonds. The highest BCUT2D eigenvalue weighted by Gasteiger charge is 2.23. The fourth-order valence-electron chi connectivity index (χ4n) is 2.74. The molecule has 0 unspecified atom stereocenters. The van der Waals surface area contributed by atoms with E-state index in [1.807, 2.05) is 25.2 Å². The predicted octanol–water partition coefficient (Wildman–Crippen LogP) is 5.08. The topological polar surface area (TPSA) is 63.6 Å². The van der Waals surface area contributed by atoms with Gasteiger partial charge in [0.2, 0.25) is 9.04 Å². The van der Waals surface area contributed by atoms with Crippen LogP contribution in [-0.2, 0) is 6.42 Å². The first-order valence-corrected chi connectivity index (χ1v) is 12.3. The Hall–Kier alpha value is -1.92. The number of hydrogen-bond donors (Lipinski definition) is 1. The first-order chi connectivity index (χ1) is 12.3. The zero-order valence-electron chi connectivity index (χ0n) is 15.2. The highest BCUT2D eigenvalue weighted by molar-refractivity contribution is 9.10. The van der Waals surface area contributed by atoms with Crippen LogP contribution in [0.15, 0.2) is 40.9 Å². The van der Waals surface area contributed by atoms with E-state index in [2.05, 4.69) is 22.9 Å². The average Bonchev–Trinajstić information content (AvgIpc) is 2.59. The van der Waals surface area contributed by atoms with Crippen molar-refractivity contribution in [3.63, 3.8) is 0 Å². The number of para-hydroxylation sites is 1. The highest BCUT2D eigenvalue weighted by atomic mass is 79.9. The molecule has 1 N–H and O–H groups in total. The Kier molecular flexibility index (Phi) is 7.17. The largest absolute Gasteiger partial charge is 0.546 e. The number of rotatable bonds is 8. The number of benzene rings is 2. The third-order valence-corrected chi connectivity index (χ3v) is 5.15. The number of ketones is 1. The number of halogens is 1. The maximum Gasteiger partial charge on any atom is 0.336 e. The lowest BCUT2D eigenvalue weighted by molar-refractivity contribution is 0.0692. The fraction of sp³-hybridized carbons (Fsp3) is 0.300. The molecule has 2 aromatic rings. The van der Waals surface area contributed by atoms with Gasteiger partial charge in [-0.25, -0.2) is 4.79 Å². The summed E-state index contributed by atoms with van der Waals surface area (Å²) in [5.41, 5.74) is 1.59. The third-order valence-electron chi connectivity index (χ3n) is 3.95. The van der Waals surface area contributed by atoms with Crippen LogP contribution in [0.4, 0.5) is 0 Å². The number of carbonyl (C=O) groups is 2. The molecule has 26 heavy (non-hydrogen) atoms. The standard InChI is InChI=1S/C20H23BrO4Si/c1-4-5-7-13-8-6-9-16(19(13)25-26(2)3)18(22)17-12-14(21)10-11-15(17)20(23)24/h6,8-12,26H,4-5,7H2,1-3H3,(H,23,24). The number of carboxylic acid groups (broad SMARTS) is 1. The van der Waals surface area contributed by atoms with Gasteiger partial charge >= 0.3 is 5.97 Å². The van der Waals surface area contributed by atoms with Gasteiger partial charge in [0.25, 0.3) is 0 Å². The van der Waals surface area contributed by atoms with Crippen molar-refractivity contribution in [3.8, 4) is 5.75 Å². The van der Waals surface area contributed by atoms with Crippen LogP contribution in [0, 0.1) is 0 Å². The average molecular weight is 435 g/mol. The maximum absolute atomic E-state index is 13.2. The molecular weight excluding hydrogens is 412 g/mol. The van der Waals surface area contributed by atoms with Crippen LogP contribution in [0.2, 0.25) is 13.1 Å². The van der Waals surface area contributed by atoms with E-state index >= 15 is 0 Å². The van der Waals surface area contributed by atoms with Crippen molar-refractivity contribution < 1.29 is 19.1 Å². The second-order valence-corrected chi connectivity index (χ2v) is 9.64. The van der Waals surface area contributed by atoms with E-state index in [4.69, 9.17) is 4.43 Å². The molecule has 0 aliphatic rings. The van der Waals surface area contributed by atoms with Gasteiger partial charge in [-0.1, -0.05) is 41.4 Å². The fourth-order valence-corrected chi connectivity index (χ4v) is 3.85. The molecular formula is C20H23BrO4Si. The summed E-state index contributed by atoms with van der Waals surface area (Å²) in [4.78, 5) is 24.8. The van der Waals surface area contributed by atoms with Crippen molar-refractivity contribution >= 4 is 36.7 Å². The molecule has 0 aromatic heterocycles. The number of hydrogen-bond acceptors (Lipinski definition) is 3. The van der Waals surface area contributed by atoms with E-state index < -0.39 is 15.0 Å². The molecule has 0 aliphatic heterocycles. The smallest absolute Gasteiger partial charge is 0.336 e. The van der Waals surface area contributed by atoms with E-state index in [1.54, 1.807) is 18.2 Å². The summed E-state index contributed by atoms with van der Waals surface area (Å²) >= 11 is 3.32. The summed E-state index contributed by atoms with van der Waals surface area (Å²) < 4.78 is 6.77. The van der Waals surface area contributed by atoms with Gasteiger partial charge in [0.15, 0.2) is 5.78 Å². The Balaban J connectivity index is 2.58. The van der Waals surface area contributed by atoms with Crippen LogP contribution in [0.3, 0.4) is 0 Å². The first kappa shape index (κ1) is 20.4. The Morgan fingerprint density at radius 3 is 2.46 bits per heavy atom. The first-order valence-electron chi connectivity index (χ1n) is 8.71. The molecule has 2 rings (SSSR count). The zero-order chi connectivity index (χ0) is 19.3. The van der Waals surface area contributed by atoms with Gasteiger partial charge in [0.1, 0.15) is 5.75 Å². The van der Waals surface area contributed by atoms with Gasteiger partial charge in [0, 0.05) is 10.0 Å². The lowest BCUT2D eigenvalue weighted by atomic mass is 9.95. The molecule has 0 bridgehead atoms. The van der Waals surface area contributed by atoms with Crippen molar-refractivity contribution in [2.24, 2.45) is 0 Å². The highest BCUT2D eigenvalue weighted by Crippen LogP contribution is 2.30. The van der Waals surface area contributed by atoms with E-state index in [-0.39, 0.29) is 16.9 Å². The van der Waals surface area contributed by atoms with Crippen molar-refractivity contribution in [3.05, 3.63) is 63.1 Å². The van der Waals surface area contributed by atoms with E-state index in [0.29, 0.717) is 15.8 Å². The van der Waals surface area contributed by atoms with E-state index in [0.717, 1.165) is 24.8 Å². The van der Waals surface area contributed by atoms with Gasteiger partial charge < -0.3 is 9.53 Å². The second kappa shape index (κ2) is 9.14. The summed E-state index contributed by atoms with van der Waals surface area (Å²) in [5.74, 6) is -0.834. The summed E-state index contributed by atoms with van der Waals surface area (Å²) in [6.45, 7) is 6.21. The quantitative estimate of drug-likeness (QED) is 0.464. The lowest BCUT2D eigenvalue weighted by Crippen LogP contribution is -2.17. The molecule has 0 saturated heterocycles. The van der Waals surface area contributed by atoms with Gasteiger partial charge in [0.05, 0.1) is 11.1 Å². The predicted molar refractivity (Wildman–Crippen MR) is 109 cm³/mol. The van der Waals surface area contributed by atoms with Crippen LogP contribution < -0.4 is 4.43 Å². The zero-order valence-corrected chi connectivity index (χ0v) is 18.0. The SMILES string of the molecule is CCCCc1cccc(C(=O)c2cc(Br)ccc2C(=O)O)c1O[SiH](C)C. The molecule has 6 heteroatoms. The monoisotopic (exact) mass is 434 g/mol. The van der Waals surface area contributed by atoms with Crippen molar-refractivity contribution in [1.82, 2.24) is 0 Å². The molecule has 4 nitrogen and oxygen atoms in total. The summed E-state index contributed by atoms with van der Waals surface area (Å²) in [5, 5.41) is 9.45. The van der Waals surface area contributed by atoms with Crippen LogP contribution in [0.5, 0.6) is 5.75 Å². The number of unbranched alkanes of at least 4 members (excludes halogenated alkanes) is 1. The Labute approximate surface area is 164 Å². The maximum atomic E-state index is 13.2. The molecule has 2 aromatic carbocycles. The Bertz CT molecular complexity index is 817. The third kappa shape index (κ3) is 4.83. The van der Waals surface area contributed by atoms with Crippen LogP contribution in [-0.4, -0.2) is 25.9 Å². The summed E-state index contributed by atoms with van der Waals surface area (Å²) in [6.07, 6.45) is 2.88. The molecule has 0 saturated carbocycles. The number of carboxylic acids is 1. The van der Waals surface area contributed by atoms with Gasteiger partial charge in [-0.3, -0.25) is 4.79 Å². The van der Waals surface area contributed by atoms with Crippen molar-refractivity contribution in [2.45, 2.75) is 39.3 Å². The lowest BCUT2D eigenvalue weighted by Gasteiger charge is -2.18. The van der Waals surface area contributed by atoms with Crippen LogP contribution in [0.1, 0.15) is 51.6 Å². The molecule has 0 aliphatic carbocycles. The molecule has 138 valence electrons. The summed E-state index contributed by atoms with van der Waals surface area (Å²) in [7, 11) is -1.44. The number of carbonyl (C=O) groups excluding carboxylic acids is 1. The number of aryl methyl sites for hydroxylation is 1. The van der Waals surface area contributed by atoms with Gasteiger partial charge in [-0.2, -0.15) is 0 Å². The summed E-state index contributed by atoms with van der Waals surface area (Å²) in [6, 6.07) is 10.2. The van der Waals surface area contributed by atoms with E-state index in [9.17, 15) is 14.7 Å². The molecule has 0 heterocycles.